The van der Waals surface area contributed by atoms with Crippen molar-refractivity contribution in [3.8, 4) is 0 Å². The lowest BCUT2D eigenvalue weighted by atomic mass is 9.83. The topological polar surface area (TPSA) is 91.0 Å². The summed E-state index contributed by atoms with van der Waals surface area (Å²) in [5, 5.41) is 7.26. The first-order chi connectivity index (χ1) is 13.0. The van der Waals surface area contributed by atoms with Crippen LogP contribution in [-0.2, 0) is 15.8 Å². The normalized spacial score (nSPS) is 21.6. The van der Waals surface area contributed by atoms with Crippen LogP contribution in [0.5, 0.6) is 0 Å². The van der Waals surface area contributed by atoms with Crippen molar-refractivity contribution in [3.63, 3.8) is 0 Å². The average Bonchev–Trinajstić information content (AvgIpc) is 3.35. The lowest BCUT2D eigenvalue weighted by molar-refractivity contribution is 0.247. The lowest BCUT2D eigenvalue weighted by Gasteiger charge is -2.37. The van der Waals surface area contributed by atoms with E-state index in [0.717, 1.165) is 12.5 Å². The molecule has 0 radical (unpaired) electrons. The van der Waals surface area contributed by atoms with Crippen molar-refractivity contribution in [3.05, 3.63) is 18.0 Å². The fourth-order valence-corrected chi connectivity index (χ4v) is 5.57. The minimum absolute atomic E-state index is 0.116. The van der Waals surface area contributed by atoms with E-state index in [2.05, 4.69) is 27.3 Å². The Kier molecular flexibility index (Phi) is 6.41. The van der Waals surface area contributed by atoms with E-state index >= 15 is 0 Å². The Morgan fingerprint density at radius 1 is 1.30 bits per heavy atom. The van der Waals surface area contributed by atoms with E-state index in [-0.39, 0.29) is 5.75 Å². The number of piperazine rings is 1. The van der Waals surface area contributed by atoms with Crippen LogP contribution in [0.1, 0.15) is 44.7 Å². The second kappa shape index (κ2) is 8.60. The highest BCUT2D eigenvalue weighted by molar-refractivity contribution is 7.88. The van der Waals surface area contributed by atoms with Crippen LogP contribution >= 0.6 is 0 Å². The van der Waals surface area contributed by atoms with Crippen molar-refractivity contribution in [2.75, 3.05) is 39.8 Å². The molecular formula is C18H31N5O3S. The van der Waals surface area contributed by atoms with E-state index in [0.29, 0.717) is 37.3 Å². The van der Waals surface area contributed by atoms with Gasteiger partial charge in [-0.15, -0.1) is 0 Å². The maximum Gasteiger partial charge on any atom is 0.220 e. The largest absolute Gasteiger partial charge is 0.364 e. The van der Waals surface area contributed by atoms with Gasteiger partial charge < -0.3 is 14.7 Å². The number of aromatic nitrogens is 1. The number of nitrogens with zero attached hydrogens (tertiary/aromatic N) is 4. The summed E-state index contributed by atoms with van der Waals surface area (Å²) < 4.78 is 31.4. The molecule has 3 rings (SSSR count). The lowest BCUT2D eigenvalue weighted by Crippen LogP contribution is -2.54. The summed E-state index contributed by atoms with van der Waals surface area (Å²) in [7, 11) is -1.58. The summed E-state index contributed by atoms with van der Waals surface area (Å²) in [5.41, 5.74) is 0.829. The predicted molar refractivity (Wildman–Crippen MR) is 105 cm³/mol. The molecule has 9 heteroatoms. The Hall–Kier alpha value is -1.61. The molecule has 1 aliphatic heterocycles. The predicted octanol–water partition coefficient (Wildman–Crippen LogP) is 1.67. The van der Waals surface area contributed by atoms with Gasteiger partial charge in [0.2, 0.25) is 10.0 Å². The molecule has 27 heavy (non-hydrogen) atoms. The van der Waals surface area contributed by atoms with Crippen LogP contribution in [0.25, 0.3) is 0 Å². The first-order valence-corrected chi connectivity index (χ1v) is 11.4. The van der Waals surface area contributed by atoms with Crippen LogP contribution in [0.4, 0.5) is 0 Å². The average molecular weight is 398 g/mol. The molecule has 1 aromatic heterocycles. The zero-order valence-electron chi connectivity index (χ0n) is 16.4. The summed E-state index contributed by atoms with van der Waals surface area (Å²) in [4.78, 5) is 6.58. The van der Waals surface area contributed by atoms with Crippen molar-refractivity contribution in [1.29, 1.82) is 0 Å². The van der Waals surface area contributed by atoms with Crippen molar-refractivity contribution >= 4 is 16.0 Å². The van der Waals surface area contributed by atoms with Crippen LogP contribution in [0.2, 0.25) is 0 Å². The van der Waals surface area contributed by atoms with Gasteiger partial charge >= 0.3 is 0 Å². The molecule has 152 valence electrons. The van der Waals surface area contributed by atoms with Crippen molar-refractivity contribution in [2.45, 2.75) is 44.8 Å². The maximum absolute atomic E-state index is 12.6. The molecule has 0 spiro atoms. The van der Waals surface area contributed by atoms with Gasteiger partial charge in [-0.25, -0.2) is 8.42 Å². The molecule has 1 aliphatic carbocycles. The number of aliphatic imine (C=N–C) groups is 1. The molecule has 2 fully saturated rings. The standard InChI is InChI=1S/C18H31N5O3S/c1-3-18(7-4-5-8-18)15-20-17(19-2)22-9-11-23(12-10-22)27(24,25)14-16-6-13-26-21-16/h6,13H,3-5,7-12,14-15H2,1-2H3,(H,19,20). The first-order valence-electron chi connectivity index (χ1n) is 9.81. The van der Waals surface area contributed by atoms with Crippen LogP contribution in [0, 0.1) is 5.41 Å². The maximum atomic E-state index is 12.6. The number of hydrogen-bond acceptors (Lipinski definition) is 5. The number of sulfonamides is 1. The Morgan fingerprint density at radius 2 is 2.00 bits per heavy atom. The highest BCUT2D eigenvalue weighted by Gasteiger charge is 2.33. The molecule has 0 unspecified atom stereocenters. The number of guanidine groups is 1. The molecule has 1 saturated carbocycles. The summed E-state index contributed by atoms with van der Waals surface area (Å²) in [5.74, 6) is 0.762. The monoisotopic (exact) mass is 397 g/mol. The number of nitrogens with one attached hydrogen (secondary N) is 1. The van der Waals surface area contributed by atoms with E-state index in [1.54, 1.807) is 13.1 Å². The summed E-state index contributed by atoms with van der Waals surface area (Å²) in [6, 6.07) is 1.59. The molecule has 0 atom stereocenters. The Balaban J connectivity index is 1.52. The third-order valence-corrected chi connectivity index (χ3v) is 7.81. The van der Waals surface area contributed by atoms with E-state index in [1.807, 2.05) is 0 Å². The number of hydrogen-bond donors (Lipinski definition) is 1. The SMILES string of the molecule is CCC1(CNC(=NC)N2CCN(S(=O)(=O)Cc3ccon3)CC2)CCCC1. The molecule has 0 amide bonds. The van der Waals surface area contributed by atoms with Gasteiger partial charge in [0.1, 0.15) is 12.0 Å². The minimum atomic E-state index is -3.38. The van der Waals surface area contributed by atoms with Gasteiger partial charge in [0.05, 0.1) is 5.69 Å². The van der Waals surface area contributed by atoms with Gasteiger partial charge in [-0.3, -0.25) is 4.99 Å². The Morgan fingerprint density at radius 3 is 2.56 bits per heavy atom. The van der Waals surface area contributed by atoms with Gasteiger partial charge in [-0.1, -0.05) is 24.9 Å². The van der Waals surface area contributed by atoms with Crippen LogP contribution in [0.15, 0.2) is 21.8 Å². The third-order valence-electron chi connectivity index (χ3n) is 6.00. The first kappa shape index (κ1) is 20.1. The highest BCUT2D eigenvalue weighted by Crippen LogP contribution is 2.40. The molecule has 1 N–H and O–H groups in total. The van der Waals surface area contributed by atoms with Crippen LogP contribution in [-0.4, -0.2) is 68.5 Å². The van der Waals surface area contributed by atoms with Crippen LogP contribution in [0.3, 0.4) is 0 Å². The van der Waals surface area contributed by atoms with Crippen molar-refractivity contribution in [2.24, 2.45) is 10.4 Å². The molecule has 1 saturated heterocycles. The fraction of sp³-hybridized carbons (Fsp3) is 0.778. The second-order valence-corrected chi connectivity index (χ2v) is 9.56. The fourth-order valence-electron chi connectivity index (χ4n) is 4.15. The Labute approximate surface area is 162 Å². The summed E-state index contributed by atoms with van der Waals surface area (Å²) in [6.45, 7) is 5.41. The van der Waals surface area contributed by atoms with E-state index in [1.165, 1.54) is 42.7 Å². The number of rotatable bonds is 6. The minimum Gasteiger partial charge on any atom is -0.364 e. The molecular weight excluding hydrogens is 366 g/mol. The van der Waals surface area contributed by atoms with Crippen molar-refractivity contribution in [1.82, 2.24) is 19.7 Å². The molecule has 8 nitrogen and oxygen atoms in total. The van der Waals surface area contributed by atoms with Crippen LogP contribution < -0.4 is 5.32 Å². The van der Waals surface area contributed by atoms with Gasteiger partial charge in [0.25, 0.3) is 0 Å². The van der Waals surface area contributed by atoms with E-state index in [9.17, 15) is 8.42 Å². The van der Waals surface area contributed by atoms with E-state index in [4.69, 9.17) is 4.52 Å². The third kappa shape index (κ3) is 4.82. The smallest absolute Gasteiger partial charge is 0.220 e. The van der Waals surface area contributed by atoms with Gasteiger partial charge in [0, 0.05) is 45.8 Å². The second-order valence-electron chi connectivity index (χ2n) is 7.59. The molecule has 2 aliphatic rings. The van der Waals surface area contributed by atoms with Gasteiger partial charge in [-0.2, -0.15) is 4.31 Å². The molecule has 2 heterocycles. The summed E-state index contributed by atoms with van der Waals surface area (Å²) >= 11 is 0. The summed E-state index contributed by atoms with van der Waals surface area (Å²) in [6.07, 6.45) is 7.77. The zero-order chi connectivity index (χ0) is 19.3. The quantitative estimate of drug-likeness (QED) is 0.580. The van der Waals surface area contributed by atoms with Gasteiger partial charge in [0.15, 0.2) is 5.96 Å². The van der Waals surface area contributed by atoms with Crippen molar-refractivity contribution < 1.29 is 12.9 Å². The molecule has 0 bridgehead atoms. The zero-order valence-corrected chi connectivity index (χ0v) is 17.2. The van der Waals surface area contributed by atoms with E-state index < -0.39 is 10.0 Å². The highest BCUT2D eigenvalue weighted by atomic mass is 32.2. The van der Waals surface area contributed by atoms with Gasteiger partial charge in [-0.05, 0) is 24.7 Å². The molecule has 0 aromatic carbocycles. The molecule has 1 aromatic rings. The Bertz CT molecular complexity index is 718.